The second kappa shape index (κ2) is 7.13. The molecular weight excluding hydrogens is 358 g/mol. The monoisotopic (exact) mass is 373 g/mol. The zero-order valence-electron chi connectivity index (χ0n) is 13.9. The van der Waals surface area contributed by atoms with Gasteiger partial charge in [-0.05, 0) is 29.8 Å². The molecule has 7 nitrogen and oxygen atoms in total. The normalized spacial score (nSPS) is 16.8. The van der Waals surface area contributed by atoms with E-state index in [4.69, 9.17) is 11.6 Å². The van der Waals surface area contributed by atoms with E-state index in [-0.39, 0.29) is 29.6 Å². The summed E-state index contributed by atoms with van der Waals surface area (Å²) < 4.78 is 0. The number of hydrogen-bond acceptors (Lipinski definition) is 5. The number of benzene rings is 2. The molecule has 1 aliphatic rings. The summed E-state index contributed by atoms with van der Waals surface area (Å²) in [5, 5.41) is 15.0. The highest BCUT2D eigenvalue weighted by atomic mass is 35.5. The standard InChI is InChI=1S/C18H16ClN3O4/c1-11-8-17(23)21(18(11)24)14-6-7-15(16(9-14)22(25)26)20-10-12-2-4-13(19)5-3-12/h2-7,9,11,20H,8,10H2,1H3/t11-/m1/s1. The quantitative estimate of drug-likeness (QED) is 0.489. The Morgan fingerprint density at radius 2 is 1.92 bits per heavy atom. The Bertz CT molecular complexity index is 883. The van der Waals surface area contributed by atoms with Crippen molar-refractivity contribution < 1.29 is 14.5 Å². The molecule has 1 aliphatic heterocycles. The van der Waals surface area contributed by atoms with Crippen LogP contribution in [0.1, 0.15) is 18.9 Å². The van der Waals surface area contributed by atoms with E-state index in [0.29, 0.717) is 17.3 Å². The van der Waals surface area contributed by atoms with Crippen LogP contribution in [0, 0.1) is 16.0 Å². The molecule has 2 aromatic carbocycles. The minimum absolute atomic E-state index is 0.114. The van der Waals surface area contributed by atoms with Gasteiger partial charge in [0.1, 0.15) is 5.69 Å². The molecule has 26 heavy (non-hydrogen) atoms. The summed E-state index contributed by atoms with van der Waals surface area (Å²) >= 11 is 5.84. The van der Waals surface area contributed by atoms with E-state index in [2.05, 4.69) is 5.32 Å². The van der Waals surface area contributed by atoms with Gasteiger partial charge in [0.25, 0.3) is 5.69 Å². The van der Waals surface area contributed by atoms with Crippen LogP contribution >= 0.6 is 11.6 Å². The molecule has 2 amide bonds. The fourth-order valence-electron chi connectivity index (χ4n) is 2.81. The van der Waals surface area contributed by atoms with Crippen molar-refractivity contribution in [2.45, 2.75) is 19.9 Å². The predicted octanol–water partition coefficient (Wildman–Crippen LogP) is 3.76. The molecule has 1 heterocycles. The van der Waals surface area contributed by atoms with Gasteiger partial charge in [0.05, 0.1) is 10.6 Å². The maximum absolute atomic E-state index is 12.1. The molecule has 3 rings (SSSR count). The van der Waals surface area contributed by atoms with Gasteiger partial charge < -0.3 is 5.32 Å². The highest BCUT2D eigenvalue weighted by Crippen LogP contribution is 2.33. The van der Waals surface area contributed by atoms with E-state index in [9.17, 15) is 19.7 Å². The Morgan fingerprint density at radius 3 is 2.50 bits per heavy atom. The fraction of sp³-hybridized carbons (Fsp3) is 0.222. The highest BCUT2D eigenvalue weighted by molar-refractivity contribution is 6.30. The summed E-state index contributed by atoms with van der Waals surface area (Å²) in [4.78, 5) is 36.0. The van der Waals surface area contributed by atoms with E-state index in [1.54, 1.807) is 19.1 Å². The van der Waals surface area contributed by atoms with Gasteiger partial charge in [-0.25, -0.2) is 0 Å². The molecule has 1 saturated heterocycles. The molecule has 1 atom stereocenters. The molecule has 0 spiro atoms. The fourth-order valence-corrected chi connectivity index (χ4v) is 2.94. The van der Waals surface area contributed by atoms with Crippen molar-refractivity contribution in [1.29, 1.82) is 0 Å². The first kappa shape index (κ1) is 17.9. The van der Waals surface area contributed by atoms with Crippen molar-refractivity contribution in [2.24, 2.45) is 5.92 Å². The number of rotatable bonds is 5. The average Bonchev–Trinajstić information content (AvgIpc) is 2.86. The van der Waals surface area contributed by atoms with E-state index in [1.807, 2.05) is 12.1 Å². The summed E-state index contributed by atoms with van der Waals surface area (Å²) in [7, 11) is 0. The lowest BCUT2D eigenvalue weighted by atomic mass is 10.1. The first-order valence-corrected chi connectivity index (χ1v) is 8.38. The van der Waals surface area contributed by atoms with Crippen molar-refractivity contribution in [1.82, 2.24) is 0 Å². The number of hydrogen-bond donors (Lipinski definition) is 1. The Kier molecular flexibility index (Phi) is 4.90. The molecule has 1 fully saturated rings. The number of halogens is 1. The minimum Gasteiger partial charge on any atom is -0.375 e. The number of nitrogens with one attached hydrogen (secondary N) is 1. The third-order valence-electron chi connectivity index (χ3n) is 4.20. The largest absolute Gasteiger partial charge is 0.375 e. The van der Waals surface area contributed by atoms with Crippen molar-refractivity contribution in [2.75, 3.05) is 10.2 Å². The number of nitro groups is 1. The average molecular weight is 374 g/mol. The molecular formula is C18H16ClN3O4. The lowest BCUT2D eigenvalue weighted by Crippen LogP contribution is -2.30. The van der Waals surface area contributed by atoms with Crippen LogP contribution in [0.2, 0.25) is 5.02 Å². The number of carbonyl (C=O) groups is 2. The second-order valence-electron chi connectivity index (χ2n) is 6.11. The summed E-state index contributed by atoms with van der Waals surface area (Å²) in [5.74, 6) is -1.10. The first-order valence-electron chi connectivity index (χ1n) is 8.00. The molecule has 0 unspecified atom stereocenters. The van der Waals surface area contributed by atoms with Gasteiger partial charge in [-0.15, -0.1) is 0 Å². The molecule has 8 heteroatoms. The van der Waals surface area contributed by atoms with Gasteiger partial charge >= 0.3 is 0 Å². The van der Waals surface area contributed by atoms with Crippen LogP contribution in [0.15, 0.2) is 42.5 Å². The number of carbonyl (C=O) groups excluding carboxylic acids is 2. The van der Waals surface area contributed by atoms with Crippen LogP contribution in [0.3, 0.4) is 0 Å². The Morgan fingerprint density at radius 1 is 1.23 bits per heavy atom. The summed E-state index contributed by atoms with van der Waals surface area (Å²) in [6, 6.07) is 11.4. The maximum atomic E-state index is 12.1. The Balaban J connectivity index is 1.85. The van der Waals surface area contributed by atoms with Crippen molar-refractivity contribution in [3.63, 3.8) is 0 Å². The smallest absolute Gasteiger partial charge is 0.294 e. The lowest BCUT2D eigenvalue weighted by molar-refractivity contribution is -0.383. The van der Waals surface area contributed by atoms with Gasteiger partial charge in [-0.1, -0.05) is 30.7 Å². The zero-order valence-corrected chi connectivity index (χ0v) is 14.7. The lowest BCUT2D eigenvalue weighted by Gasteiger charge is -2.15. The molecule has 2 aromatic rings. The SMILES string of the molecule is C[C@@H]1CC(=O)N(c2ccc(NCc3ccc(Cl)cc3)c([N+](=O)[O-])c2)C1=O. The predicted molar refractivity (Wildman–Crippen MR) is 98.1 cm³/mol. The molecule has 0 saturated carbocycles. The number of amides is 2. The highest BCUT2D eigenvalue weighted by Gasteiger charge is 2.37. The van der Waals surface area contributed by atoms with Gasteiger partial charge in [-0.2, -0.15) is 0 Å². The van der Waals surface area contributed by atoms with E-state index >= 15 is 0 Å². The van der Waals surface area contributed by atoms with Gasteiger partial charge in [0.2, 0.25) is 11.8 Å². The molecule has 1 N–H and O–H groups in total. The minimum atomic E-state index is -0.540. The maximum Gasteiger partial charge on any atom is 0.294 e. The van der Waals surface area contributed by atoms with Gasteiger partial charge in [-0.3, -0.25) is 24.6 Å². The van der Waals surface area contributed by atoms with Crippen molar-refractivity contribution in [3.8, 4) is 0 Å². The van der Waals surface area contributed by atoms with Crippen LogP contribution in [0.25, 0.3) is 0 Å². The van der Waals surface area contributed by atoms with Gasteiger partial charge in [0, 0.05) is 30.0 Å². The molecule has 0 bridgehead atoms. The summed E-state index contributed by atoms with van der Waals surface area (Å²) in [6.45, 7) is 2.03. The second-order valence-corrected chi connectivity index (χ2v) is 6.55. The van der Waals surface area contributed by atoms with Crippen LogP contribution in [-0.4, -0.2) is 16.7 Å². The van der Waals surface area contributed by atoms with Crippen LogP contribution < -0.4 is 10.2 Å². The molecule has 0 aromatic heterocycles. The van der Waals surface area contributed by atoms with Crippen LogP contribution in [0.4, 0.5) is 17.1 Å². The number of nitrogens with zero attached hydrogens (tertiary/aromatic N) is 2. The van der Waals surface area contributed by atoms with Gasteiger partial charge in [0.15, 0.2) is 0 Å². The van der Waals surface area contributed by atoms with E-state index < -0.39 is 10.8 Å². The zero-order chi connectivity index (χ0) is 18.8. The van der Waals surface area contributed by atoms with Crippen molar-refractivity contribution >= 4 is 40.5 Å². The van der Waals surface area contributed by atoms with Crippen LogP contribution in [-0.2, 0) is 16.1 Å². The topological polar surface area (TPSA) is 92.6 Å². The summed E-state index contributed by atoms with van der Waals surface area (Å²) in [5.41, 5.74) is 1.23. The number of nitro benzene ring substituents is 1. The van der Waals surface area contributed by atoms with Crippen molar-refractivity contribution in [3.05, 3.63) is 63.2 Å². The number of imide groups is 1. The van der Waals surface area contributed by atoms with Crippen LogP contribution in [0.5, 0.6) is 0 Å². The summed E-state index contributed by atoms with van der Waals surface area (Å²) in [6.07, 6.45) is 0.114. The first-order chi connectivity index (χ1) is 12.4. The Hall–Kier alpha value is -2.93. The van der Waals surface area contributed by atoms with E-state index in [1.165, 1.54) is 18.2 Å². The Labute approximate surface area is 154 Å². The van der Waals surface area contributed by atoms with E-state index in [0.717, 1.165) is 10.5 Å². The molecule has 0 radical (unpaired) electrons. The number of anilines is 2. The third-order valence-corrected chi connectivity index (χ3v) is 4.46. The third kappa shape index (κ3) is 3.52. The molecule has 0 aliphatic carbocycles. The molecule has 134 valence electrons.